The number of carboxylic acid groups (broad SMARTS) is 2. The third kappa shape index (κ3) is 2.72. The summed E-state index contributed by atoms with van der Waals surface area (Å²) in [5.41, 5.74) is 0. The Labute approximate surface area is 96.4 Å². The van der Waals surface area contributed by atoms with Gasteiger partial charge in [-0.2, -0.15) is 0 Å². The van der Waals surface area contributed by atoms with Crippen molar-refractivity contribution < 1.29 is 39.5 Å². The van der Waals surface area contributed by atoms with E-state index in [1.165, 1.54) is 0 Å². The van der Waals surface area contributed by atoms with Gasteiger partial charge in [-0.15, -0.1) is 0 Å². The second-order valence-corrected chi connectivity index (χ2v) is 3.56. The van der Waals surface area contributed by atoms with Crippen molar-refractivity contribution in [2.75, 3.05) is 6.61 Å². The quantitative estimate of drug-likeness (QED) is 0.461. The molecule has 1 fully saturated rings. The molecule has 1 rings (SSSR count). The van der Waals surface area contributed by atoms with Gasteiger partial charge in [-0.3, -0.25) is 4.79 Å². The highest BCUT2D eigenvalue weighted by Crippen LogP contribution is 2.27. The Morgan fingerprint density at radius 3 is 2.18 bits per heavy atom. The number of aliphatic hydroxyl groups is 2. The highest BCUT2D eigenvalue weighted by molar-refractivity contribution is 5.75. The Morgan fingerprint density at radius 2 is 1.76 bits per heavy atom. The first kappa shape index (κ1) is 13.8. The molecule has 0 aromatic carbocycles. The van der Waals surface area contributed by atoms with E-state index in [4.69, 9.17) is 19.7 Å². The topological polar surface area (TPSA) is 134 Å². The van der Waals surface area contributed by atoms with Gasteiger partial charge in [-0.1, -0.05) is 0 Å². The maximum absolute atomic E-state index is 10.9. The molecule has 0 aromatic heterocycles. The van der Waals surface area contributed by atoms with Gasteiger partial charge in [0.15, 0.2) is 12.4 Å². The molecule has 1 heterocycles. The molecule has 0 aliphatic carbocycles. The molecule has 0 aromatic rings. The molecule has 8 nitrogen and oxygen atoms in total. The smallest absolute Gasteiger partial charge is 0.335 e. The van der Waals surface area contributed by atoms with Crippen molar-refractivity contribution in [3.8, 4) is 0 Å². The zero-order valence-electron chi connectivity index (χ0n) is 9.02. The first-order valence-corrected chi connectivity index (χ1v) is 4.99. The van der Waals surface area contributed by atoms with Crippen molar-refractivity contribution >= 4 is 11.9 Å². The van der Waals surface area contributed by atoms with Gasteiger partial charge < -0.3 is 29.9 Å². The monoisotopic (exact) mass is 250 g/mol. The summed E-state index contributed by atoms with van der Waals surface area (Å²) in [5.74, 6) is -4.45. The van der Waals surface area contributed by atoms with Crippen molar-refractivity contribution in [1.82, 2.24) is 0 Å². The fraction of sp³-hybridized carbons (Fsp3) is 0.778. The Bertz CT molecular complexity index is 303. The molecule has 8 heteroatoms. The van der Waals surface area contributed by atoms with Crippen LogP contribution in [0.3, 0.4) is 0 Å². The second-order valence-electron chi connectivity index (χ2n) is 3.56. The van der Waals surface area contributed by atoms with Gasteiger partial charge in [-0.05, 0) is 6.92 Å². The van der Waals surface area contributed by atoms with Crippen LogP contribution >= 0.6 is 0 Å². The van der Waals surface area contributed by atoms with Crippen LogP contribution in [0.1, 0.15) is 6.92 Å². The van der Waals surface area contributed by atoms with Crippen LogP contribution in [0.4, 0.5) is 0 Å². The minimum atomic E-state index is -1.81. The standard InChI is InChI=1S/C9H14O8/c1-2-16-9-3(7(12)13)4(10)5(11)6(17-9)8(14)15/h3-6,9-11H,2H2,1H3,(H,12,13)(H,14,15)/t3?,4-,5+,6+,9-/m1/s1. The highest BCUT2D eigenvalue weighted by Gasteiger charge is 2.51. The average molecular weight is 250 g/mol. The van der Waals surface area contributed by atoms with Gasteiger partial charge in [0.25, 0.3) is 0 Å². The maximum Gasteiger partial charge on any atom is 0.335 e. The number of hydrogen-bond donors (Lipinski definition) is 4. The molecule has 1 unspecified atom stereocenters. The number of rotatable bonds is 4. The predicted octanol–water partition coefficient (Wildman–Crippen LogP) is -1.74. The molecule has 1 aliphatic rings. The first-order chi connectivity index (χ1) is 7.90. The van der Waals surface area contributed by atoms with Crippen molar-refractivity contribution in [1.29, 1.82) is 0 Å². The second kappa shape index (κ2) is 5.41. The third-order valence-electron chi connectivity index (χ3n) is 2.46. The van der Waals surface area contributed by atoms with E-state index in [9.17, 15) is 19.8 Å². The van der Waals surface area contributed by atoms with Gasteiger partial charge in [0.05, 0.1) is 0 Å². The fourth-order valence-corrected chi connectivity index (χ4v) is 1.64. The lowest BCUT2D eigenvalue weighted by molar-refractivity contribution is -0.276. The van der Waals surface area contributed by atoms with Gasteiger partial charge in [0.2, 0.25) is 0 Å². The fourth-order valence-electron chi connectivity index (χ4n) is 1.64. The lowest BCUT2D eigenvalue weighted by Crippen LogP contribution is -2.59. The molecule has 0 amide bonds. The molecule has 1 saturated heterocycles. The van der Waals surface area contributed by atoms with Gasteiger partial charge in [0.1, 0.15) is 18.1 Å². The van der Waals surface area contributed by atoms with E-state index in [0.717, 1.165) is 0 Å². The Morgan fingerprint density at radius 1 is 1.18 bits per heavy atom. The number of carbonyl (C=O) groups is 2. The molecule has 1 aliphatic heterocycles. The van der Waals surface area contributed by atoms with Crippen LogP contribution in [-0.4, -0.2) is 63.6 Å². The lowest BCUT2D eigenvalue weighted by atomic mass is 9.91. The minimum Gasteiger partial charge on any atom is -0.481 e. The van der Waals surface area contributed by atoms with E-state index in [2.05, 4.69) is 0 Å². The molecule has 0 bridgehead atoms. The normalized spacial score (nSPS) is 37.7. The van der Waals surface area contributed by atoms with Crippen LogP contribution in [0.2, 0.25) is 0 Å². The third-order valence-corrected chi connectivity index (χ3v) is 2.46. The maximum atomic E-state index is 10.9. The van der Waals surface area contributed by atoms with Gasteiger partial charge in [0, 0.05) is 6.61 Å². The van der Waals surface area contributed by atoms with E-state index < -0.39 is 42.5 Å². The summed E-state index contributed by atoms with van der Waals surface area (Å²) in [6.07, 6.45) is -6.70. The highest BCUT2D eigenvalue weighted by atomic mass is 16.7. The zero-order chi connectivity index (χ0) is 13.2. The zero-order valence-corrected chi connectivity index (χ0v) is 9.02. The Balaban J connectivity index is 2.93. The van der Waals surface area contributed by atoms with Crippen LogP contribution in [0, 0.1) is 5.92 Å². The van der Waals surface area contributed by atoms with E-state index in [0.29, 0.717) is 0 Å². The van der Waals surface area contributed by atoms with Crippen LogP contribution in [0.15, 0.2) is 0 Å². The largest absolute Gasteiger partial charge is 0.481 e. The number of aliphatic hydroxyl groups excluding tert-OH is 2. The molecule has 0 radical (unpaired) electrons. The molecule has 5 atom stereocenters. The number of ether oxygens (including phenoxy) is 2. The Hall–Kier alpha value is -1.22. The first-order valence-electron chi connectivity index (χ1n) is 4.99. The summed E-state index contributed by atoms with van der Waals surface area (Å²) in [5, 5.41) is 36.6. The summed E-state index contributed by atoms with van der Waals surface area (Å²) in [4.78, 5) is 21.6. The van der Waals surface area contributed by atoms with Gasteiger partial charge >= 0.3 is 11.9 Å². The van der Waals surface area contributed by atoms with E-state index in [-0.39, 0.29) is 6.61 Å². The van der Waals surface area contributed by atoms with Crippen LogP contribution < -0.4 is 0 Å². The molecular formula is C9H14O8. The van der Waals surface area contributed by atoms with Crippen molar-refractivity contribution in [2.45, 2.75) is 31.5 Å². The van der Waals surface area contributed by atoms with Crippen LogP contribution in [0.25, 0.3) is 0 Å². The van der Waals surface area contributed by atoms with E-state index in [1.807, 2.05) is 0 Å². The minimum absolute atomic E-state index is 0.0869. The SMILES string of the molecule is CCO[C@@H]1O[C@H](C(=O)O)[C@@H](O)[C@H](O)C1C(=O)O. The lowest BCUT2D eigenvalue weighted by Gasteiger charge is -2.38. The van der Waals surface area contributed by atoms with Gasteiger partial charge in [-0.25, -0.2) is 4.79 Å². The molecule has 17 heavy (non-hydrogen) atoms. The summed E-state index contributed by atoms with van der Waals surface area (Å²) >= 11 is 0. The molecule has 0 saturated carbocycles. The summed E-state index contributed by atoms with van der Waals surface area (Å²) in [7, 11) is 0. The Kier molecular flexibility index (Phi) is 4.40. The van der Waals surface area contributed by atoms with Crippen molar-refractivity contribution in [3.63, 3.8) is 0 Å². The van der Waals surface area contributed by atoms with Crippen molar-refractivity contribution in [2.24, 2.45) is 5.92 Å². The molecule has 0 spiro atoms. The van der Waals surface area contributed by atoms with Crippen LogP contribution in [-0.2, 0) is 19.1 Å². The number of carboxylic acids is 2. The predicted molar refractivity (Wildman–Crippen MR) is 51.1 cm³/mol. The van der Waals surface area contributed by atoms with E-state index in [1.54, 1.807) is 6.92 Å². The average Bonchev–Trinajstić information content (AvgIpc) is 2.22. The number of hydrogen-bond acceptors (Lipinski definition) is 6. The summed E-state index contributed by atoms with van der Waals surface area (Å²) in [6.45, 7) is 1.65. The molecular weight excluding hydrogens is 236 g/mol. The molecule has 4 N–H and O–H groups in total. The molecule has 98 valence electrons. The summed E-state index contributed by atoms with van der Waals surface area (Å²) < 4.78 is 9.75. The van der Waals surface area contributed by atoms with Crippen LogP contribution in [0.5, 0.6) is 0 Å². The number of aliphatic carboxylic acids is 2. The summed E-state index contributed by atoms with van der Waals surface area (Å²) in [6, 6.07) is 0. The van der Waals surface area contributed by atoms with Crippen molar-refractivity contribution in [3.05, 3.63) is 0 Å². The van der Waals surface area contributed by atoms with E-state index >= 15 is 0 Å².